The molecule has 0 saturated heterocycles. The summed E-state index contributed by atoms with van der Waals surface area (Å²) in [6.07, 6.45) is 0.762. The number of benzene rings is 2. The minimum absolute atomic E-state index is 0.0263. The van der Waals surface area contributed by atoms with Crippen LogP contribution in [-0.4, -0.2) is 34.3 Å². The van der Waals surface area contributed by atoms with Crippen molar-refractivity contribution in [2.45, 2.75) is 38.7 Å². The number of nitrogens with one attached hydrogen (secondary N) is 1. The van der Waals surface area contributed by atoms with E-state index in [-0.39, 0.29) is 24.2 Å². The van der Waals surface area contributed by atoms with Crippen LogP contribution in [0, 0.1) is 13.8 Å². The van der Waals surface area contributed by atoms with Crippen molar-refractivity contribution >= 4 is 11.7 Å². The molecule has 2 aliphatic rings. The van der Waals surface area contributed by atoms with E-state index in [1.807, 2.05) is 56.3 Å². The Labute approximate surface area is 180 Å². The van der Waals surface area contributed by atoms with Crippen molar-refractivity contribution in [3.8, 4) is 17.1 Å². The maximum absolute atomic E-state index is 12.8. The lowest BCUT2D eigenvalue weighted by atomic mass is 10.0. The highest BCUT2D eigenvalue weighted by Gasteiger charge is 2.34. The monoisotopic (exact) mass is 413 g/mol. The largest absolute Gasteiger partial charge is 0.487 e. The lowest BCUT2D eigenvalue weighted by Gasteiger charge is -2.16. The van der Waals surface area contributed by atoms with Gasteiger partial charge in [-0.2, -0.15) is 0 Å². The van der Waals surface area contributed by atoms with Crippen molar-refractivity contribution in [2.75, 3.05) is 6.54 Å². The van der Waals surface area contributed by atoms with E-state index in [9.17, 15) is 9.59 Å². The van der Waals surface area contributed by atoms with Gasteiger partial charge in [-0.15, -0.1) is 0 Å². The van der Waals surface area contributed by atoms with Crippen LogP contribution in [0.4, 0.5) is 0 Å². The van der Waals surface area contributed by atoms with Gasteiger partial charge < -0.3 is 10.1 Å². The van der Waals surface area contributed by atoms with Crippen LogP contribution in [-0.2, 0) is 11.2 Å². The van der Waals surface area contributed by atoms with Gasteiger partial charge in [0.15, 0.2) is 11.6 Å². The van der Waals surface area contributed by atoms with Crippen molar-refractivity contribution in [3.63, 3.8) is 0 Å². The molecule has 1 amide bonds. The summed E-state index contributed by atoms with van der Waals surface area (Å²) in [7, 11) is 0. The van der Waals surface area contributed by atoms with Gasteiger partial charge in [0.1, 0.15) is 11.9 Å². The lowest BCUT2D eigenvalue weighted by Crippen LogP contribution is -2.37. The van der Waals surface area contributed by atoms with Crippen LogP contribution in [0.5, 0.6) is 5.75 Å². The van der Waals surface area contributed by atoms with Crippen molar-refractivity contribution in [2.24, 2.45) is 0 Å². The van der Waals surface area contributed by atoms with E-state index in [4.69, 9.17) is 4.74 Å². The molecule has 156 valence electrons. The molecule has 1 aliphatic carbocycles. The number of ketones is 1. The SMILES string of the molecule is Cc1cc(C)nc(-c2cccc3c2OC(CNC(=O)C2CC(=O)c4ccccc42)C3)n1. The molecule has 6 nitrogen and oxygen atoms in total. The first-order valence-corrected chi connectivity index (χ1v) is 10.5. The van der Waals surface area contributed by atoms with E-state index < -0.39 is 5.92 Å². The number of para-hydroxylation sites is 1. The average molecular weight is 413 g/mol. The Bertz CT molecular complexity index is 1180. The van der Waals surface area contributed by atoms with Crippen LogP contribution in [0.25, 0.3) is 11.4 Å². The fraction of sp³-hybridized carbons (Fsp3) is 0.280. The number of carbonyl (C=O) groups excluding carboxylic acids is 2. The van der Waals surface area contributed by atoms with Crippen LogP contribution < -0.4 is 10.1 Å². The maximum Gasteiger partial charge on any atom is 0.228 e. The molecule has 0 saturated carbocycles. The van der Waals surface area contributed by atoms with Gasteiger partial charge in [0, 0.05) is 29.8 Å². The van der Waals surface area contributed by atoms with E-state index >= 15 is 0 Å². The zero-order valence-electron chi connectivity index (χ0n) is 17.5. The summed E-state index contributed by atoms with van der Waals surface area (Å²) in [6.45, 7) is 4.28. The molecule has 2 unspecified atom stereocenters. The third-order valence-corrected chi connectivity index (χ3v) is 5.90. The maximum atomic E-state index is 12.8. The summed E-state index contributed by atoms with van der Waals surface area (Å²) in [6, 6.07) is 15.3. The van der Waals surface area contributed by atoms with Crippen LogP contribution in [0.2, 0.25) is 0 Å². The molecule has 3 aromatic rings. The molecule has 0 bridgehead atoms. The zero-order chi connectivity index (χ0) is 21.5. The third kappa shape index (κ3) is 3.58. The summed E-state index contributed by atoms with van der Waals surface area (Å²) in [5, 5.41) is 2.99. The standard InChI is InChI=1S/C25H23N3O3/c1-14-10-15(2)28-24(27-14)20-9-5-6-16-11-17(31-23(16)20)13-26-25(30)21-12-22(29)19-8-4-3-7-18(19)21/h3-10,17,21H,11-13H2,1-2H3,(H,26,30). The Morgan fingerprint density at radius 2 is 1.77 bits per heavy atom. The molecular weight excluding hydrogens is 390 g/mol. The average Bonchev–Trinajstić information content (AvgIpc) is 3.32. The Morgan fingerprint density at radius 3 is 2.58 bits per heavy atom. The number of hydrogen-bond acceptors (Lipinski definition) is 5. The summed E-state index contributed by atoms with van der Waals surface area (Å²) in [4.78, 5) is 34.1. The Kier molecular flexibility index (Phi) is 4.77. The topological polar surface area (TPSA) is 81.2 Å². The van der Waals surface area contributed by atoms with Crippen molar-refractivity contribution in [3.05, 3.63) is 76.6 Å². The van der Waals surface area contributed by atoms with E-state index in [2.05, 4.69) is 15.3 Å². The van der Waals surface area contributed by atoms with Gasteiger partial charge in [-0.05, 0) is 37.1 Å². The summed E-state index contributed by atoms with van der Waals surface area (Å²) >= 11 is 0. The number of rotatable bonds is 4. The van der Waals surface area contributed by atoms with Crippen molar-refractivity contribution < 1.29 is 14.3 Å². The first kappa shape index (κ1) is 19.4. The number of carbonyl (C=O) groups is 2. The van der Waals surface area contributed by atoms with Gasteiger partial charge in [0.25, 0.3) is 0 Å². The fourth-order valence-corrected chi connectivity index (χ4v) is 4.51. The second kappa shape index (κ2) is 7.61. The minimum Gasteiger partial charge on any atom is -0.487 e. The van der Waals surface area contributed by atoms with E-state index in [0.29, 0.717) is 24.4 Å². The van der Waals surface area contributed by atoms with Gasteiger partial charge in [0.2, 0.25) is 5.91 Å². The number of aryl methyl sites for hydroxylation is 2. The quantitative estimate of drug-likeness (QED) is 0.707. The predicted molar refractivity (Wildman–Crippen MR) is 116 cm³/mol. The number of Topliss-reactive ketones (excluding diaryl/α,β-unsaturated/α-hetero) is 1. The smallest absolute Gasteiger partial charge is 0.228 e. The second-order valence-corrected chi connectivity index (χ2v) is 8.22. The van der Waals surface area contributed by atoms with Gasteiger partial charge in [-0.3, -0.25) is 9.59 Å². The molecule has 1 N–H and O–H groups in total. The fourth-order valence-electron chi connectivity index (χ4n) is 4.51. The van der Waals surface area contributed by atoms with Crippen molar-refractivity contribution in [1.82, 2.24) is 15.3 Å². The Balaban J connectivity index is 1.29. The number of amides is 1. The number of hydrogen-bond donors (Lipinski definition) is 1. The first-order chi connectivity index (χ1) is 15.0. The normalized spacial score (nSPS) is 19.0. The number of fused-ring (bicyclic) bond motifs is 2. The summed E-state index contributed by atoms with van der Waals surface area (Å²) in [5.74, 6) is 0.911. The Morgan fingerprint density at radius 1 is 1.03 bits per heavy atom. The molecule has 5 rings (SSSR count). The molecule has 2 atom stereocenters. The number of ether oxygens (including phenoxy) is 1. The number of nitrogens with zero attached hydrogens (tertiary/aromatic N) is 2. The highest BCUT2D eigenvalue weighted by Crippen LogP contribution is 2.38. The van der Waals surface area contributed by atoms with E-state index in [1.165, 1.54) is 0 Å². The van der Waals surface area contributed by atoms with Crippen molar-refractivity contribution in [1.29, 1.82) is 0 Å². The molecular formula is C25H23N3O3. The third-order valence-electron chi connectivity index (χ3n) is 5.90. The van der Waals surface area contributed by atoms with Crippen LogP contribution in [0.15, 0.2) is 48.5 Å². The highest BCUT2D eigenvalue weighted by atomic mass is 16.5. The van der Waals surface area contributed by atoms with Gasteiger partial charge in [-0.25, -0.2) is 9.97 Å². The van der Waals surface area contributed by atoms with E-state index in [0.717, 1.165) is 33.8 Å². The first-order valence-electron chi connectivity index (χ1n) is 10.5. The van der Waals surface area contributed by atoms with Gasteiger partial charge >= 0.3 is 0 Å². The molecule has 31 heavy (non-hydrogen) atoms. The minimum atomic E-state index is -0.424. The molecule has 0 fully saturated rings. The van der Waals surface area contributed by atoms with E-state index in [1.54, 1.807) is 6.07 Å². The molecule has 2 heterocycles. The highest BCUT2D eigenvalue weighted by molar-refractivity contribution is 6.06. The lowest BCUT2D eigenvalue weighted by molar-refractivity contribution is -0.122. The van der Waals surface area contributed by atoms with Crippen LogP contribution >= 0.6 is 0 Å². The van der Waals surface area contributed by atoms with Gasteiger partial charge in [0.05, 0.1) is 18.0 Å². The molecule has 0 spiro atoms. The number of aromatic nitrogens is 2. The summed E-state index contributed by atoms with van der Waals surface area (Å²) < 4.78 is 6.21. The molecule has 1 aliphatic heterocycles. The second-order valence-electron chi connectivity index (χ2n) is 8.22. The van der Waals surface area contributed by atoms with Gasteiger partial charge in [-0.1, -0.05) is 36.4 Å². The molecule has 0 radical (unpaired) electrons. The summed E-state index contributed by atoms with van der Waals surface area (Å²) in [5.41, 5.74) is 5.25. The van der Waals surface area contributed by atoms with Crippen LogP contribution in [0.1, 0.15) is 45.2 Å². The molecule has 2 aromatic carbocycles. The molecule has 1 aromatic heterocycles. The Hall–Kier alpha value is -3.54. The zero-order valence-corrected chi connectivity index (χ0v) is 17.5. The molecule has 6 heteroatoms. The predicted octanol–water partition coefficient (Wildman–Crippen LogP) is 3.55. The van der Waals surface area contributed by atoms with Crippen LogP contribution in [0.3, 0.4) is 0 Å².